The molecule has 0 bridgehead atoms. The van der Waals surface area contributed by atoms with Crippen LogP contribution < -0.4 is 14.2 Å². The van der Waals surface area contributed by atoms with E-state index in [1.807, 2.05) is 42.5 Å². The predicted molar refractivity (Wildman–Crippen MR) is 91.4 cm³/mol. The van der Waals surface area contributed by atoms with Crippen molar-refractivity contribution >= 4 is 0 Å². The summed E-state index contributed by atoms with van der Waals surface area (Å²) in [4.78, 5) is 0. The molecule has 4 nitrogen and oxygen atoms in total. The highest BCUT2D eigenvalue weighted by Crippen LogP contribution is 2.34. The maximum Gasteiger partial charge on any atom is 0.130 e. The minimum absolute atomic E-state index is 0.00900. The van der Waals surface area contributed by atoms with Gasteiger partial charge in [0, 0.05) is 11.6 Å². The van der Waals surface area contributed by atoms with Crippen LogP contribution in [0.25, 0.3) is 11.1 Å². The molecule has 0 fully saturated rings. The monoisotopic (exact) mass is 316 g/mol. The van der Waals surface area contributed by atoms with Gasteiger partial charge in [0.05, 0.1) is 20.3 Å². The summed E-state index contributed by atoms with van der Waals surface area (Å²) in [5.41, 5.74) is 2.04. The predicted octanol–water partition coefficient (Wildman–Crippen LogP) is 3.91. The van der Waals surface area contributed by atoms with Crippen LogP contribution in [0, 0.1) is 0 Å². The van der Waals surface area contributed by atoms with E-state index in [1.165, 1.54) is 0 Å². The Morgan fingerprint density at radius 2 is 1.61 bits per heavy atom. The zero-order valence-corrected chi connectivity index (χ0v) is 13.7. The Labute approximate surface area is 137 Å². The van der Waals surface area contributed by atoms with Gasteiger partial charge in [-0.15, -0.1) is 0 Å². The van der Waals surface area contributed by atoms with Crippen molar-refractivity contribution in [3.63, 3.8) is 0 Å². The van der Waals surface area contributed by atoms with Crippen molar-refractivity contribution in [2.75, 3.05) is 26.9 Å². The van der Waals surface area contributed by atoms with Crippen LogP contribution >= 0.6 is 0 Å². The van der Waals surface area contributed by atoms with Crippen LogP contribution in [0.4, 0.5) is 0 Å². The van der Waals surface area contributed by atoms with Crippen LogP contribution in [0.1, 0.15) is 19.8 Å². The molecule has 124 valence electrons. The van der Waals surface area contributed by atoms with E-state index in [2.05, 4.69) is 6.92 Å². The number of aliphatic hydroxyl groups excluding tert-OH is 1. The van der Waals surface area contributed by atoms with Gasteiger partial charge in [-0.1, -0.05) is 25.5 Å². The second-order valence-electron chi connectivity index (χ2n) is 5.16. The fourth-order valence-electron chi connectivity index (χ4n) is 2.23. The van der Waals surface area contributed by atoms with E-state index < -0.39 is 0 Å². The van der Waals surface area contributed by atoms with Crippen LogP contribution in [0.15, 0.2) is 42.5 Å². The van der Waals surface area contributed by atoms with Gasteiger partial charge >= 0.3 is 0 Å². The highest BCUT2D eigenvalue weighted by Gasteiger charge is 2.08. The van der Waals surface area contributed by atoms with Crippen LogP contribution in [0.5, 0.6) is 17.2 Å². The van der Waals surface area contributed by atoms with Gasteiger partial charge in [-0.05, 0) is 36.2 Å². The van der Waals surface area contributed by atoms with E-state index >= 15 is 0 Å². The Morgan fingerprint density at radius 3 is 2.26 bits per heavy atom. The number of rotatable bonds is 9. The van der Waals surface area contributed by atoms with Crippen molar-refractivity contribution in [1.82, 2.24) is 0 Å². The Balaban J connectivity index is 2.14. The second-order valence-corrected chi connectivity index (χ2v) is 5.16. The first-order chi connectivity index (χ1) is 11.3. The molecule has 2 rings (SSSR count). The van der Waals surface area contributed by atoms with Gasteiger partial charge in [-0.25, -0.2) is 0 Å². The van der Waals surface area contributed by atoms with E-state index in [0.29, 0.717) is 6.61 Å². The topological polar surface area (TPSA) is 47.9 Å². The van der Waals surface area contributed by atoms with Crippen LogP contribution in [-0.4, -0.2) is 32.0 Å². The van der Waals surface area contributed by atoms with E-state index in [-0.39, 0.29) is 6.61 Å². The fraction of sp³-hybridized carbons (Fsp3) is 0.368. The molecular formula is C19H24O4. The number of hydrogen-bond donors (Lipinski definition) is 1. The average molecular weight is 316 g/mol. The second kappa shape index (κ2) is 9.06. The zero-order valence-electron chi connectivity index (χ0n) is 13.7. The minimum Gasteiger partial charge on any atom is -0.496 e. The maximum atomic E-state index is 8.78. The lowest BCUT2D eigenvalue weighted by molar-refractivity contribution is 0.201. The molecule has 0 spiro atoms. The lowest BCUT2D eigenvalue weighted by atomic mass is 10.0. The summed E-state index contributed by atoms with van der Waals surface area (Å²) in [6.07, 6.45) is 2.15. The number of hydrogen-bond acceptors (Lipinski definition) is 4. The van der Waals surface area contributed by atoms with Gasteiger partial charge in [0.1, 0.15) is 23.9 Å². The molecule has 1 N–H and O–H groups in total. The Morgan fingerprint density at radius 1 is 0.913 bits per heavy atom. The lowest BCUT2D eigenvalue weighted by Crippen LogP contribution is -2.01. The smallest absolute Gasteiger partial charge is 0.130 e. The molecule has 0 radical (unpaired) electrons. The fourth-order valence-corrected chi connectivity index (χ4v) is 2.23. The summed E-state index contributed by atoms with van der Waals surface area (Å²) in [5.74, 6) is 2.34. The standard InChI is InChI=1S/C19H24O4/c1-3-4-12-22-17-9-10-18(19(14-17)21-2)15-5-7-16(8-6-15)23-13-11-20/h5-10,14,20H,3-4,11-13H2,1-2H3. The van der Waals surface area contributed by atoms with Gasteiger partial charge in [-0.3, -0.25) is 0 Å². The van der Waals surface area contributed by atoms with Crippen LogP contribution in [0.3, 0.4) is 0 Å². The largest absolute Gasteiger partial charge is 0.496 e. The van der Waals surface area contributed by atoms with Crippen molar-refractivity contribution in [3.05, 3.63) is 42.5 Å². The molecule has 2 aromatic rings. The molecule has 0 amide bonds. The third-order valence-corrected chi connectivity index (χ3v) is 3.46. The molecule has 0 aliphatic heterocycles. The Hall–Kier alpha value is -2.20. The molecular weight excluding hydrogens is 292 g/mol. The SMILES string of the molecule is CCCCOc1ccc(-c2ccc(OCCO)cc2)c(OC)c1. The van der Waals surface area contributed by atoms with Crippen LogP contribution in [-0.2, 0) is 0 Å². The van der Waals surface area contributed by atoms with Gasteiger partial charge in [-0.2, -0.15) is 0 Å². The third-order valence-electron chi connectivity index (χ3n) is 3.46. The average Bonchev–Trinajstić information content (AvgIpc) is 2.60. The molecule has 0 saturated carbocycles. The molecule has 0 saturated heterocycles. The quantitative estimate of drug-likeness (QED) is 0.713. The molecule has 0 aliphatic rings. The summed E-state index contributed by atoms with van der Waals surface area (Å²) in [6, 6.07) is 13.6. The third kappa shape index (κ3) is 4.89. The van der Waals surface area contributed by atoms with Gasteiger partial charge in [0.25, 0.3) is 0 Å². The number of benzene rings is 2. The van der Waals surface area contributed by atoms with E-state index in [0.717, 1.165) is 47.8 Å². The number of aliphatic hydroxyl groups is 1. The first-order valence-electron chi connectivity index (χ1n) is 7.93. The summed E-state index contributed by atoms with van der Waals surface area (Å²) in [7, 11) is 1.66. The summed E-state index contributed by atoms with van der Waals surface area (Å²) < 4.78 is 16.6. The maximum absolute atomic E-state index is 8.78. The zero-order chi connectivity index (χ0) is 16.5. The Kier molecular flexibility index (Phi) is 6.76. The highest BCUT2D eigenvalue weighted by molar-refractivity contribution is 5.72. The van der Waals surface area contributed by atoms with Gasteiger partial charge < -0.3 is 19.3 Å². The summed E-state index contributed by atoms with van der Waals surface area (Å²) in [5, 5.41) is 8.78. The first kappa shape index (κ1) is 17.2. The van der Waals surface area contributed by atoms with Crippen molar-refractivity contribution in [2.24, 2.45) is 0 Å². The lowest BCUT2D eigenvalue weighted by Gasteiger charge is -2.12. The van der Waals surface area contributed by atoms with Crippen molar-refractivity contribution in [1.29, 1.82) is 0 Å². The molecule has 0 aliphatic carbocycles. The number of methoxy groups -OCH3 is 1. The molecule has 23 heavy (non-hydrogen) atoms. The number of unbranched alkanes of at least 4 members (excludes halogenated alkanes) is 1. The van der Waals surface area contributed by atoms with Crippen molar-refractivity contribution in [2.45, 2.75) is 19.8 Å². The summed E-state index contributed by atoms with van der Waals surface area (Å²) >= 11 is 0. The molecule has 2 aromatic carbocycles. The van der Waals surface area contributed by atoms with E-state index in [9.17, 15) is 0 Å². The van der Waals surface area contributed by atoms with E-state index in [1.54, 1.807) is 7.11 Å². The molecule has 4 heteroatoms. The normalized spacial score (nSPS) is 10.4. The van der Waals surface area contributed by atoms with Gasteiger partial charge in [0.2, 0.25) is 0 Å². The summed E-state index contributed by atoms with van der Waals surface area (Å²) in [6.45, 7) is 3.17. The Bertz CT molecular complexity index is 593. The van der Waals surface area contributed by atoms with E-state index in [4.69, 9.17) is 19.3 Å². The minimum atomic E-state index is 0.00900. The number of ether oxygens (including phenoxy) is 3. The van der Waals surface area contributed by atoms with Gasteiger partial charge in [0.15, 0.2) is 0 Å². The van der Waals surface area contributed by atoms with Crippen molar-refractivity contribution < 1.29 is 19.3 Å². The highest BCUT2D eigenvalue weighted by atomic mass is 16.5. The molecule has 0 atom stereocenters. The molecule has 0 aromatic heterocycles. The molecule has 0 heterocycles. The first-order valence-corrected chi connectivity index (χ1v) is 7.93. The van der Waals surface area contributed by atoms with Crippen molar-refractivity contribution in [3.8, 4) is 28.4 Å². The van der Waals surface area contributed by atoms with Crippen LogP contribution in [0.2, 0.25) is 0 Å². The molecule has 0 unspecified atom stereocenters.